The van der Waals surface area contributed by atoms with Gasteiger partial charge in [-0.25, -0.2) is 8.42 Å². The number of hydrogen-bond acceptors (Lipinski definition) is 8. The summed E-state index contributed by atoms with van der Waals surface area (Å²) >= 11 is 1.28. The molecule has 0 heterocycles. The number of halogens is 1. The monoisotopic (exact) mass is 657 g/mol. The maximum Gasteiger partial charge on any atom is 0.243 e. The third-order valence-electron chi connectivity index (χ3n) is 6.96. The second-order valence-corrected chi connectivity index (χ2v) is 13.6. The predicted molar refractivity (Wildman–Crippen MR) is 178 cm³/mol. The number of amides is 2. The third kappa shape index (κ3) is 13.9. The van der Waals surface area contributed by atoms with Crippen LogP contribution in [-0.4, -0.2) is 80.2 Å². The molecule has 0 spiro atoms. The van der Waals surface area contributed by atoms with E-state index in [-0.39, 0.29) is 24.7 Å². The van der Waals surface area contributed by atoms with E-state index in [0.29, 0.717) is 38.6 Å². The van der Waals surface area contributed by atoms with Crippen LogP contribution in [0.4, 0.5) is 0 Å². The van der Waals surface area contributed by atoms with Gasteiger partial charge < -0.3 is 25.8 Å². The smallest absolute Gasteiger partial charge is 0.243 e. The molecule has 2 aromatic carbocycles. The number of carbonyl (C=O) groups excluding carboxylic acids is 2. The van der Waals surface area contributed by atoms with E-state index in [1.165, 1.54) is 11.8 Å². The number of sulfone groups is 1. The fourth-order valence-corrected chi connectivity index (χ4v) is 7.30. The van der Waals surface area contributed by atoms with Crippen LogP contribution in [0.3, 0.4) is 0 Å². The molecule has 1 unspecified atom stereocenters. The molecule has 0 bridgehead atoms. The van der Waals surface area contributed by atoms with Crippen LogP contribution in [0, 0.1) is 0 Å². The maximum absolute atomic E-state index is 13.6. The van der Waals surface area contributed by atoms with Gasteiger partial charge in [-0.05, 0) is 48.8 Å². The maximum atomic E-state index is 13.6. The normalized spacial score (nSPS) is 13.4. The van der Waals surface area contributed by atoms with Crippen LogP contribution in [0.5, 0.6) is 5.75 Å². The number of rotatable bonds is 20. The third-order valence-corrected chi connectivity index (χ3v) is 9.80. The van der Waals surface area contributed by atoms with Crippen molar-refractivity contribution in [2.45, 2.75) is 75.9 Å². The summed E-state index contributed by atoms with van der Waals surface area (Å²) in [5.74, 6) is -0.713. The standard InChI is InChI=1S/C31H47N3O6S2.ClH/c1-5-11-26(12-6-2)42(38,39)22-28(33-30(36)21-41-4)31(37)34-27(18-23-13-8-7-9-14-23)29(35)20-32-19-24-15-10-16-25(17-24)40-3;/h7-10,13-17,26-29,32,35H,5-6,11-12,18-22H2,1-4H3,(H,33,36)(H,34,37);1H/t27-,28?,29+;/m0./s1. The molecule has 0 saturated heterocycles. The van der Waals surface area contributed by atoms with Crippen LogP contribution in [0.25, 0.3) is 0 Å². The van der Waals surface area contributed by atoms with Gasteiger partial charge in [-0.2, -0.15) is 11.8 Å². The van der Waals surface area contributed by atoms with E-state index in [0.717, 1.165) is 16.9 Å². The highest BCUT2D eigenvalue weighted by molar-refractivity contribution is 7.99. The molecule has 0 aliphatic rings. The van der Waals surface area contributed by atoms with E-state index in [1.807, 2.05) is 68.4 Å². The average molecular weight is 658 g/mol. The van der Waals surface area contributed by atoms with Crippen molar-refractivity contribution in [1.82, 2.24) is 16.0 Å². The van der Waals surface area contributed by atoms with E-state index < -0.39 is 50.8 Å². The Bertz CT molecular complexity index is 1200. The number of benzene rings is 2. The SMILES string of the molecule is CCCC(CCC)S(=O)(=O)CC(NC(=O)CSC)C(=O)N[C@@H](Cc1ccccc1)[C@H](O)CNCc1cccc(OC)c1.Cl. The predicted octanol–water partition coefficient (Wildman–Crippen LogP) is 3.53. The highest BCUT2D eigenvalue weighted by atomic mass is 35.5. The van der Waals surface area contributed by atoms with Crippen LogP contribution in [-0.2, 0) is 32.4 Å². The lowest BCUT2D eigenvalue weighted by Gasteiger charge is -2.28. The summed E-state index contributed by atoms with van der Waals surface area (Å²) in [6.45, 7) is 4.51. The second kappa shape index (κ2) is 20.6. The molecule has 2 amide bonds. The number of methoxy groups -OCH3 is 1. The van der Waals surface area contributed by atoms with Gasteiger partial charge in [-0.1, -0.05) is 69.2 Å². The average Bonchev–Trinajstić information content (AvgIpc) is 2.97. The second-order valence-electron chi connectivity index (χ2n) is 10.4. The first-order chi connectivity index (χ1) is 20.1. The van der Waals surface area contributed by atoms with Gasteiger partial charge in [0, 0.05) is 13.1 Å². The fourth-order valence-electron chi connectivity index (χ4n) is 4.79. The van der Waals surface area contributed by atoms with Crippen LogP contribution in [0.2, 0.25) is 0 Å². The Morgan fingerprint density at radius 1 is 0.977 bits per heavy atom. The number of hydrogen-bond donors (Lipinski definition) is 4. The molecule has 3 atom stereocenters. The van der Waals surface area contributed by atoms with Crippen molar-refractivity contribution in [1.29, 1.82) is 0 Å². The van der Waals surface area contributed by atoms with Crippen LogP contribution in [0.1, 0.15) is 50.7 Å². The zero-order valence-corrected chi connectivity index (χ0v) is 28.0. The Labute approximate surface area is 267 Å². The number of thioether (sulfide) groups is 1. The van der Waals surface area contributed by atoms with Crippen molar-refractivity contribution in [2.75, 3.05) is 31.4 Å². The Kier molecular flexibility index (Phi) is 18.6. The van der Waals surface area contributed by atoms with Gasteiger partial charge in [-0.3, -0.25) is 9.59 Å². The van der Waals surface area contributed by atoms with Crippen LogP contribution < -0.4 is 20.7 Å². The lowest BCUT2D eigenvalue weighted by Crippen LogP contribution is -2.57. The van der Waals surface area contributed by atoms with E-state index >= 15 is 0 Å². The first-order valence-electron chi connectivity index (χ1n) is 14.5. The minimum atomic E-state index is -3.68. The number of aliphatic hydroxyl groups is 1. The molecule has 9 nitrogen and oxygen atoms in total. The summed E-state index contributed by atoms with van der Waals surface area (Å²) in [5.41, 5.74) is 1.87. The van der Waals surface area contributed by atoms with E-state index in [2.05, 4.69) is 16.0 Å². The first kappa shape index (κ1) is 38.7. The molecule has 12 heteroatoms. The number of ether oxygens (including phenoxy) is 1. The molecular weight excluding hydrogens is 610 g/mol. The highest BCUT2D eigenvalue weighted by Gasteiger charge is 2.34. The highest BCUT2D eigenvalue weighted by Crippen LogP contribution is 2.17. The fraction of sp³-hybridized carbons (Fsp3) is 0.548. The molecule has 43 heavy (non-hydrogen) atoms. The lowest BCUT2D eigenvalue weighted by atomic mass is 10.0. The largest absolute Gasteiger partial charge is 0.497 e. The van der Waals surface area contributed by atoms with Crippen molar-refractivity contribution in [2.24, 2.45) is 0 Å². The van der Waals surface area contributed by atoms with Gasteiger partial charge in [0.25, 0.3) is 0 Å². The molecule has 0 aliphatic heterocycles. The molecule has 4 N–H and O–H groups in total. The zero-order chi connectivity index (χ0) is 31.0. The number of carbonyl (C=O) groups is 2. The van der Waals surface area contributed by atoms with Gasteiger partial charge in [0.15, 0.2) is 9.84 Å². The van der Waals surface area contributed by atoms with Crippen molar-refractivity contribution in [3.8, 4) is 5.75 Å². The lowest BCUT2D eigenvalue weighted by molar-refractivity contribution is -0.128. The molecule has 0 aliphatic carbocycles. The minimum absolute atomic E-state index is 0. The van der Waals surface area contributed by atoms with Crippen LogP contribution in [0.15, 0.2) is 54.6 Å². The minimum Gasteiger partial charge on any atom is -0.497 e. The Hall–Kier alpha value is -2.31. The Morgan fingerprint density at radius 2 is 1.63 bits per heavy atom. The summed E-state index contributed by atoms with van der Waals surface area (Å²) in [7, 11) is -2.08. The van der Waals surface area contributed by atoms with Gasteiger partial charge in [-0.15, -0.1) is 12.4 Å². The quantitative estimate of drug-likeness (QED) is 0.170. The summed E-state index contributed by atoms with van der Waals surface area (Å²) in [6.07, 6.45) is 3.48. The van der Waals surface area contributed by atoms with Gasteiger partial charge in [0.1, 0.15) is 11.8 Å². The summed E-state index contributed by atoms with van der Waals surface area (Å²) in [6, 6.07) is 15.0. The van der Waals surface area contributed by atoms with Crippen molar-refractivity contribution >= 4 is 45.8 Å². The van der Waals surface area contributed by atoms with Gasteiger partial charge in [0.2, 0.25) is 11.8 Å². The van der Waals surface area contributed by atoms with Crippen LogP contribution >= 0.6 is 24.2 Å². The van der Waals surface area contributed by atoms with E-state index in [9.17, 15) is 23.1 Å². The molecule has 0 saturated carbocycles. The first-order valence-corrected chi connectivity index (χ1v) is 17.6. The molecule has 0 radical (unpaired) electrons. The van der Waals surface area contributed by atoms with E-state index in [4.69, 9.17) is 4.74 Å². The van der Waals surface area contributed by atoms with Crippen molar-refractivity contribution < 1.29 is 27.9 Å². The summed E-state index contributed by atoms with van der Waals surface area (Å²) in [5, 5.41) is 19.4. The molecule has 0 fully saturated rings. The summed E-state index contributed by atoms with van der Waals surface area (Å²) < 4.78 is 32.1. The van der Waals surface area contributed by atoms with Crippen molar-refractivity contribution in [3.05, 3.63) is 65.7 Å². The Balaban J connectivity index is 0.00000924. The molecule has 2 rings (SSSR count). The van der Waals surface area contributed by atoms with Gasteiger partial charge in [0.05, 0.1) is 36.0 Å². The molecular formula is C31H48ClN3O6S2. The topological polar surface area (TPSA) is 134 Å². The van der Waals surface area contributed by atoms with E-state index in [1.54, 1.807) is 13.4 Å². The summed E-state index contributed by atoms with van der Waals surface area (Å²) in [4.78, 5) is 26.1. The molecule has 242 valence electrons. The molecule has 0 aromatic heterocycles. The zero-order valence-electron chi connectivity index (χ0n) is 25.6. The van der Waals surface area contributed by atoms with Gasteiger partial charge >= 0.3 is 0 Å². The number of nitrogens with one attached hydrogen (secondary N) is 3. The number of aliphatic hydroxyl groups excluding tert-OH is 1. The van der Waals surface area contributed by atoms with Crippen molar-refractivity contribution in [3.63, 3.8) is 0 Å². The Morgan fingerprint density at radius 3 is 2.23 bits per heavy atom. The molecule has 2 aromatic rings.